The van der Waals surface area contributed by atoms with Crippen LogP contribution in [0.1, 0.15) is 27.0 Å². The van der Waals surface area contributed by atoms with E-state index in [2.05, 4.69) is 4.98 Å². The first-order chi connectivity index (χ1) is 13.5. The Morgan fingerprint density at radius 2 is 1.86 bits per heavy atom. The molecular formula is C24H18FNO2. The van der Waals surface area contributed by atoms with Crippen LogP contribution in [0.2, 0.25) is 0 Å². The molecule has 0 aliphatic heterocycles. The Morgan fingerprint density at radius 1 is 1.04 bits per heavy atom. The van der Waals surface area contributed by atoms with E-state index in [-0.39, 0.29) is 11.4 Å². The number of rotatable bonds is 2. The molecule has 0 amide bonds. The van der Waals surface area contributed by atoms with Gasteiger partial charge in [-0.3, -0.25) is 0 Å². The van der Waals surface area contributed by atoms with Gasteiger partial charge in [0.05, 0.1) is 16.8 Å². The molecule has 1 aliphatic rings. The fraction of sp³-hybridized carbons (Fsp3) is 0.125. The summed E-state index contributed by atoms with van der Waals surface area (Å²) >= 11 is 0. The second-order valence-corrected chi connectivity index (χ2v) is 7.37. The van der Waals surface area contributed by atoms with E-state index >= 15 is 4.39 Å². The predicted octanol–water partition coefficient (Wildman–Crippen LogP) is 5.75. The lowest BCUT2D eigenvalue weighted by Crippen LogP contribution is -2.05. The molecule has 1 heterocycles. The van der Waals surface area contributed by atoms with Crippen molar-refractivity contribution in [3.63, 3.8) is 0 Å². The third-order valence-electron chi connectivity index (χ3n) is 5.61. The van der Waals surface area contributed by atoms with Gasteiger partial charge in [0.15, 0.2) is 5.82 Å². The van der Waals surface area contributed by atoms with E-state index in [0.29, 0.717) is 11.1 Å². The van der Waals surface area contributed by atoms with Crippen LogP contribution in [0.4, 0.5) is 4.39 Å². The molecule has 138 valence electrons. The van der Waals surface area contributed by atoms with Crippen LogP contribution in [0.15, 0.2) is 54.6 Å². The van der Waals surface area contributed by atoms with E-state index in [1.807, 2.05) is 49.4 Å². The summed E-state index contributed by atoms with van der Waals surface area (Å²) in [4.78, 5) is 14.5. The molecule has 4 heteroatoms. The zero-order valence-corrected chi connectivity index (χ0v) is 15.3. The van der Waals surface area contributed by atoms with Gasteiger partial charge in [-0.1, -0.05) is 48.0 Å². The fourth-order valence-electron chi connectivity index (χ4n) is 4.25. The van der Waals surface area contributed by atoms with Gasteiger partial charge in [0, 0.05) is 16.5 Å². The highest BCUT2D eigenvalue weighted by atomic mass is 19.1. The maximum atomic E-state index is 15.4. The van der Waals surface area contributed by atoms with Gasteiger partial charge in [-0.2, -0.15) is 0 Å². The summed E-state index contributed by atoms with van der Waals surface area (Å²) < 4.78 is 15.4. The molecule has 1 aromatic heterocycles. The number of carboxylic acid groups (broad SMARTS) is 1. The highest BCUT2D eigenvalue weighted by Gasteiger charge is 2.24. The van der Waals surface area contributed by atoms with Crippen molar-refractivity contribution in [3.05, 3.63) is 82.7 Å². The van der Waals surface area contributed by atoms with Crippen LogP contribution in [-0.2, 0) is 12.8 Å². The van der Waals surface area contributed by atoms with Gasteiger partial charge >= 0.3 is 5.97 Å². The Balaban J connectivity index is 1.70. The number of fused-ring (bicyclic) bond motifs is 5. The van der Waals surface area contributed by atoms with Gasteiger partial charge in [0.1, 0.15) is 0 Å². The topological polar surface area (TPSA) is 53.1 Å². The number of hydrogen-bond donors (Lipinski definition) is 2. The molecule has 0 atom stereocenters. The van der Waals surface area contributed by atoms with Gasteiger partial charge < -0.3 is 10.1 Å². The number of carboxylic acids is 1. The molecule has 3 aromatic carbocycles. The molecule has 0 bridgehead atoms. The Bertz CT molecular complexity index is 1270. The first-order valence-electron chi connectivity index (χ1n) is 9.29. The van der Waals surface area contributed by atoms with Crippen LogP contribution in [0.25, 0.3) is 33.3 Å². The maximum Gasteiger partial charge on any atom is 0.335 e. The molecule has 0 saturated heterocycles. The molecular weight excluding hydrogens is 353 g/mol. The van der Waals surface area contributed by atoms with Crippen molar-refractivity contribution >= 4 is 16.9 Å². The summed E-state index contributed by atoms with van der Waals surface area (Å²) in [7, 11) is 0. The molecule has 0 fully saturated rings. The summed E-state index contributed by atoms with van der Waals surface area (Å²) in [5.41, 5.74) is 7.26. The second-order valence-electron chi connectivity index (χ2n) is 7.37. The molecule has 0 spiro atoms. The number of hydrogen-bond acceptors (Lipinski definition) is 1. The normalized spacial score (nSPS) is 12.6. The zero-order valence-electron chi connectivity index (χ0n) is 15.3. The van der Waals surface area contributed by atoms with E-state index in [1.165, 1.54) is 0 Å². The van der Waals surface area contributed by atoms with Crippen molar-refractivity contribution < 1.29 is 14.3 Å². The first-order valence-corrected chi connectivity index (χ1v) is 9.29. The van der Waals surface area contributed by atoms with Crippen LogP contribution < -0.4 is 0 Å². The highest BCUT2D eigenvalue weighted by Crippen LogP contribution is 2.40. The Hall–Kier alpha value is -3.40. The van der Waals surface area contributed by atoms with E-state index in [4.69, 9.17) is 0 Å². The Labute approximate surface area is 161 Å². The predicted molar refractivity (Wildman–Crippen MR) is 108 cm³/mol. The van der Waals surface area contributed by atoms with Gasteiger partial charge in [0.25, 0.3) is 0 Å². The van der Waals surface area contributed by atoms with Crippen molar-refractivity contribution in [1.29, 1.82) is 0 Å². The van der Waals surface area contributed by atoms with Crippen LogP contribution in [0, 0.1) is 12.7 Å². The lowest BCUT2D eigenvalue weighted by molar-refractivity contribution is 0.0697. The fourth-order valence-corrected chi connectivity index (χ4v) is 4.25. The number of aromatic carboxylic acids is 1. The number of benzene rings is 3. The van der Waals surface area contributed by atoms with Crippen molar-refractivity contribution in [2.24, 2.45) is 0 Å². The van der Waals surface area contributed by atoms with E-state index in [9.17, 15) is 9.90 Å². The Morgan fingerprint density at radius 3 is 2.64 bits per heavy atom. The van der Waals surface area contributed by atoms with E-state index < -0.39 is 5.97 Å². The summed E-state index contributed by atoms with van der Waals surface area (Å²) in [6.07, 6.45) is 1.51. The van der Waals surface area contributed by atoms with Gasteiger partial charge in [-0.25, -0.2) is 9.18 Å². The number of aromatic amines is 1. The molecule has 4 aromatic rings. The van der Waals surface area contributed by atoms with Crippen molar-refractivity contribution in [2.75, 3.05) is 0 Å². The third kappa shape index (κ3) is 2.45. The monoisotopic (exact) mass is 371 g/mol. The number of halogens is 1. The zero-order chi connectivity index (χ0) is 19.4. The number of carbonyl (C=O) groups is 1. The van der Waals surface area contributed by atoms with E-state index in [1.54, 1.807) is 12.1 Å². The molecule has 5 rings (SSSR count). The minimum atomic E-state index is -0.931. The van der Waals surface area contributed by atoms with Crippen LogP contribution in [0.5, 0.6) is 0 Å². The standard InChI is InChI=1S/C24H18FNO2/c1-13-3-2-4-14(11-13)17-9-10-20-19-8-5-15-12-16(24(27)28)6-7-18(15)22(19)26-23(20)21(17)25/h2-4,6-7,9-12,26H,5,8H2,1H3,(H,27,28). The average Bonchev–Trinajstić information content (AvgIpc) is 3.08. The number of nitrogens with one attached hydrogen (secondary N) is 1. The van der Waals surface area contributed by atoms with Gasteiger partial charge in [-0.15, -0.1) is 0 Å². The second kappa shape index (κ2) is 6.06. The largest absolute Gasteiger partial charge is 0.478 e. The van der Waals surface area contributed by atoms with Gasteiger partial charge in [-0.05, 0) is 48.6 Å². The number of H-pyrrole nitrogens is 1. The quantitative estimate of drug-likeness (QED) is 0.472. The van der Waals surface area contributed by atoms with E-state index in [0.717, 1.165) is 51.7 Å². The molecule has 2 N–H and O–H groups in total. The van der Waals surface area contributed by atoms with Crippen LogP contribution >= 0.6 is 0 Å². The highest BCUT2D eigenvalue weighted by molar-refractivity contribution is 5.96. The summed E-state index contributed by atoms with van der Waals surface area (Å²) in [6, 6.07) is 16.8. The molecule has 1 aliphatic carbocycles. The van der Waals surface area contributed by atoms with Gasteiger partial charge in [0.2, 0.25) is 0 Å². The molecule has 28 heavy (non-hydrogen) atoms. The van der Waals surface area contributed by atoms with Crippen LogP contribution in [0.3, 0.4) is 0 Å². The minimum absolute atomic E-state index is 0.249. The smallest absolute Gasteiger partial charge is 0.335 e. The molecule has 0 unspecified atom stereocenters. The maximum absolute atomic E-state index is 15.4. The van der Waals surface area contributed by atoms with Crippen LogP contribution in [-0.4, -0.2) is 16.1 Å². The average molecular weight is 371 g/mol. The molecule has 0 saturated carbocycles. The first kappa shape index (κ1) is 16.8. The number of aryl methyl sites for hydroxylation is 3. The summed E-state index contributed by atoms with van der Waals surface area (Å²) in [5, 5.41) is 10.1. The van der Waals surface area contributed by atoms with Crippen molar-refractivity contribution in [2.45, 2.75) is 19.8 Å². The molecule has 0 radical (unpaired) electrons. The minimum Gasteiger partial charge on any atom is -0.478 e. The summed E-state index contributed by atoms with van der Waals surface area (Å²) in [6.45, 7) is 2.00. The third-order valence-corrected chi connectivity index (χ3v) is 5.61. The number of aromatic nitrogens is 1. The summed E-state index contributed by atoms with van der Waals surface area (Å²) in [5.74, 6) is -1.18. The lowest BCUT2D eigenvalue weighted by Gasteiger charge is -2.17. The Kier molecular flexibility index (Phi) is 3.63. The molecule has 3 nitrogen and oxygen atoms in total. The lowest BCUT2D eigenvalue weighted by atomic mass is 9.88. The van der Waals surface area contributed by atoms with Crippen molar-refractivity contribution in [1.82, 2.24) is 4.98 Å². The van der Waals surface area contributed by atoms with Crippen molar-refractivity contribution in [3.8, 4) is 22.4 Å². The SMILES string of the molecule is Cc1cccc(-c2ccc3c4c([nH]c3c2F)-c2ccc(C(=O)O)cc2CC4)c1.